The Morgan fingerprint density at radius 1 is 1.00 bits per heavy atom. The molecule has 1 aliphatic rings. The fraction of sp³-hybridized carbons (Fsp3) is 0.355. The van der Waals surface area contributed by atoms with Crippen LogP contribution in [0.4, 0.5) is 5.69 Å². The summed E-state index contributed by atoms with van der Waals surface area (Å²) >= 11 is 9.56. The first-order chi connectivity index (χ1) is 19.5. The highest BCUT2D eigenvalue weighted by atomic mass is 79.9. The molecular formula is C31H35BrClN3O4S. The van der Waals surface area contributed by atoms with Gasteiger partial charge < -0.3 is 10.2 Å². The molecule has 0 saturated heterocycles. The molecule has 0 aromatic heterocycles. The van der Waals surface area contributed by atoms with Gasteiger partial charge in [0.15, 0.2) is 0 Å². The zero-order valence-electron chi connectivity index (χ0n) is 23.2. The summed E-state index contributed by atoms with van der Waals surface area (Å²) < 4.78 is 29.7. The third-order valence-corrected chi connectivity index (χ3v) is 9.90. The van der Waals surface area contributed by atoms with Crippen molar-refractivity contribution >= 4 is 55.1 Å². The molecule has 1 saturated carbocycles. The summed E-state index contributed by atoms with van der Waals surface area (Å²) in [6, 6.07) is 19.5. The Labute approximate surface area is 256 Å². The zero-order valence-corrected chi connectivity index (χ0v) is 26.4. The van der Waals surface area contributed by atoms with Crippen LogP contribution >= 0.6 is 27.5 Å². The minimum Gasteiger partial charge on any atom is -0.352 e. The highest BCUT2D eigenvalue weighted by Gasteiger charge is 2.33. The van der Waals surface area contributed by atoms with Gasteiger partial charge in [0.25, 0.3) is 10.0 Å². The Morgan fingerprint density at radius 3 is 2.29 bits per heavy atom. The summed E-state index contributed by atoms with van der Waals surface area (Å²) in [5.74, 6) is -0.749. The average molecular weight is 661 g/mol. The van der Waals surface area contributed by atoms with E-state index in [9.17, 15) is 18.0 Å². The number of aryl methyl sites for hydroxylation is 1. The van der Waals surface area contributed by atoms with Crippen LogP contribution in [0.3, 0.4) is 0 Å². The molecule has 0 heterocycles. The maximum absolute atomic E-state index is 14.1. The Morgan fingerprint density at radius 2 is 1.66 bits per heavy atom. The van der Waals surface area contributed by atoms with E-state index in [0.717, 1.165) is 52.0 Å². The molecule has 3 aromatic rings. The number of amides is 2. The largest absolute Gasteiger partial charge is 0.352 e. The third-order valence-electron chi connectivity index (χ3n) is 7.36. The van der Waals surface area contributed by atoms with E-state index < -0.39 is 28.5 Å². The summed E-state index contributed by atoms with van der Waals surface area (Å²) in [5, 5.41) is 3.56. The van der Waals surface area contributed by atoms with Crippen LogP contribution in [-0.2, 0) is 26.2 Å². The number of nitrogens with one attached hydrogen (secondary N) is 1. The summed E-state index contributed by atoms with van der Waals surface area (Å²) in [5.41, 5.74) is 2.02. The molecule has 3 aromatic carbocycles. The van der Waals surface area contributed by atoms with Crippen molar-refractivity contribution in [2.24, 2.45) is 0 Å². The van der Waals surface area contributed by atoms with E-state index in [1.54, 1.807) is 43.3 Å². The summed E-state index contributed by atoms with van der Waals surface area (Å²) in [4.78, 5) is 29.0. The molecule has 1 atom stereocenters. The van der Waals surface area contributed by atoms with Gasteiger partial charge in [0.2, 0.25) is 11.8 Å². The average Bonchev–Trinajstić information content (AvgIpc) is 2.95. The first-order valence-corrected chi connectivity index (χ1v) is 16.3. The number of carbonyl (C=O) groups is 2. The van der Waals surface area contributed by atoms with Crippen LogP contribution in [0.25, 0.3) is 0 Å². The van der Waals surface area contributed by atoms with E-state index in [2.05, 4.69) is 21.2 Å². The third kappa shape index (κ3) is 8.11. The lowest BCUT2D eigenvalue weighted by atomic mass is 9.95. The molecule has 0 aliphatic heterocycles. The molecule has 0 bridgehead atoms. The lowest BCUT2D eigenvalue weighted by Crippen LogP contribution is -2.53. The molecule has 41 heavy (non-hydrogen) atoms. The molecule has 1 fully saturated rings. The highest BCUT2D eigenvalue weighted by Crippen LogP contribution is 2.27. The van der Waals surface area contributed by atoms with Crippen LogP contribution in [0.2, 0.25) is 5.02 Å². The fourth-order valence-electron chi connectivity index (χ4n) is 4.96. The van der Waals surface area contributed by atoms with Crippen LogP contribution in [0.15, 0.2) is 82.2 Å². The molecule has 1 aliphatic carbocycles. The topological polar surface area (TPSA) is 86.8 Å². The molecule has 2 amide bonds. The van der Waals surface area contributed by atoms with Gasteiger partial charge in [-0.25, -0.2) is 8.42 Å². The molecule has 0 radical (unpaired) electrons. The van der Waals surface area contributed by atoms with Crippen LogP contribution in [0, 0.1) is 6.92 Å². The maximum atomic E-state index is 14.1. The second-order valence-electron chi connectivity index (χ2n) is 10.5. The molecule has 7 nitrogen and oxygen atoms in total. The first kappa shape index (κ1) is 31.1. The van der Waals surface area contributed by atoms with Crippen LogP contribution < -0.4 is 9.62 Å². The Kier molecular flexibility index (Phi) is 10.5. The van der Waals surface area contributed by atoms with Crippen molar-refractivity contribution in [1.29, 1.82) is 0 Å². The summed E-state index contributed by atoms with van der Waals surface area (Å²) in [6.07, 6.45) is 5.11. The van der Waals surface area contributed by atoms with Gasteiger partial charge in [-0.15, -0.1) is 0 Å². The van der Waals surface area contributed by atoms with E-state index in [-0.39, 0.29) is 23.4 Å². The number of carbonyl (C=O) groups excluding carboxylic acids is 2. The quantitative estimate of drug-likeness (QED) is 0.270. The number of sulfonamides is 1. The van der Waals surface area contributed by atoms with E-state index in [1.807, 2.05) is 31.2 Å². The molecule has 10 heteroatoms. The standard InChI is InChI=1S/C31H35BrClN3O4S/c1-22-11-17-29(18-12-22)41(39,40)36(28-15-13-26(33)14-16-28)21-30(37)35(20-24-7-6-8-25(32)19-24)23(2)31(38)34-27-9-4-3-5-10-27/h6-8,11-19,23,27H,3-5,9-10,20-21H2,1-2H3,(H,34,38)/t23-/m1/s1. The van der Waals surface area contributed by atoms with Gasteiger partial charge in [0.1, 0.15) is 12.6 Å². The van der Waals surface area contributed by atoms with Crippen molar-refractivity contribution in [2.45, 2.75) is 69.5 Å². The number of halogens is 2. The van der Waals surface area contributed by atoms with Gasteiger partial charge in [-0.1, -0.05) is 76.6 Å². The number of hydrogen-bond donors (Lipinski definition) is 1. The van der Waals surface area contributed by atoms with E-state index in [0.29, 0.717) is 10.7 Å². The van der Waals surface area contributed by atoms with Gasteiger partial charge in [-0.05, 0) is 80.8 Å². The van der Waals surface area contributed by atoms with E-state index in [1.165, 1.54) is 17.0 Å². The first-order valence-electron chi connectivity index (χ1n) is 13.7. The lowest BCUT2D eigenvalue weighted by Gasteiger charge is -2.33. The van der Waals surface area contributed by atoms with E-state index >= 15 is 0 Å². The predicted octanol–water partition coefficient (Wildman–Crippen LogP) is 6.47. The Bertz CT molecular complexity index is 1460. The maximum Gasteiger partial charge on any atom is 0.264 e. The van der Waals surface area contributed by atoms with Crippen molar-refractivity contribution < 1.29 is 18.0 Å². The zero-order chi connectivity index (χ0) is 29.6. The Balaban J connectivity index is 1.67. The monoisotopic (exact) mass is 659 g/mol. The van der Waals surface area contributed by atoms with Crippen molar-refractivity contribution in [3.8, 4) is 0 Å². The second-order valence-corrected chi connectivity index (χ2v) is 13.7. The van der Waals surface area contributed by atoms with Gasteiger partial charge in [0.05, 0.1) is 10.6 Å². The SMILES string of the molecule is Cc1ccc(S(=O)(=O)N(CC(=O)N(Cc2cccc(Br)c2)[C@H](C)C(=O)NC2CCCCC2)c2ccc(Cl)cc2)cc1. The number of benzene rings is 3. The van der Waals surface area contributed by atoms with Crippen molar-refractivity contribution in [3.05, 3.63) is 93.4 Å². The molecular weight excluding hydrogens is 626 g/mol. The van der Waals surface area contributed by atoms with Gasteiger partial charge >= 0.3 is 0 Å². The fourth-order valence-corrected chi connectivity index (χ4v) is 6.94. The van der Waals surface area contributed by atoms with Crippen molar-refractivity contribution in [2.75, 3.05) is 10.8 Å². The van der Waals surface area contributed by atoms with Crippen molar-refractivity contribution in [1.82, 2.24) is 10.2 Å². The van der Waals surface area contributed by atoms with Gasteiger partial charge in [-0.2, -0.15) is 0 Å². The lowest BCUT2D eigenvalue weighted by molar-refractivity contribution is -0.139. The highest BCUT2D eigenvalue weighted by molar-refractivity contribution is 9.10. The molecule has 1 N–H and O–H groups in total. The minimum atomic E-state index is -4.13. The smallest absolute Gasteiger partial charge is 0.264 e. The van der Waals surface area contributed by atoms with Crippen LogP contribution in [0.5, 0.6) is 0 Å². The van der Waals surface area contributed by atoms with Crippen LogP contribution in [-0.4, -0.2) is 43.8 Å². The van der Waals surface area contributed by atoms with Gasteiger partial charge in [-0.3, -0.25) is 13.9 Å². The van der Waals surface area contributed by atoms with E-state index in [4.69, 9.17) is 11.6 Å². The predicted molar refractivity (Wildman–Crippen MR) is 166 cm³/mol. The summed E-state index contributed by atoms with van der Waals surface area (Å²) in [7, 11) is -4.13. The number of hydrogen-bond acceptors (Lipinski definition) is 4. The molecule has 218 valence electrons. The molecule has 0 spiro atoms. The normalized spacial score (nSPS) is 14.7. The summed E-state index contributed by atoms with van der Waals surface area (Å²) in [6.45, 7) is 3.20. The number of nitrogens with zero attached hydrogens (tertiary/aromatic N) is 2. The number of rotatable bonds is 10. The second kappa shape index (κ2) is 13.9. The number of anilines is 1. The molecule has 0 unspecified atom stereocenters. The van der Waals surface area contributed by atoms with Crippen molar-refractivity contribution in [3.63, 3.8) is 0 Å². The minimum absolute atomic E-state index is 0.0625. The molecule has 4 rings (SSSR count). The Hall–Kier alpha value is -2.88. The van der Waals surface area contributed by atoms with Gasteiger partial charge in [0, 0.05) is 22.1 Å². The van der Waals surface area contributed by atoms with Crippen LogP contribution in [0.1, 0.15) is 50.2 Å².